The van der Waals surface area contributed by atoms with E-state index in [1.165, 1.54) is 16.0 Å². The van der Waals surface area contributed by atoms with Crippen molar-refractivity contribution in [3.63, 3.8) is 0 Å². The van der Waals surface area contributed by atoms with Gasteiger partial charge in [0.15, 0.2) is 0 Å². The first-order valence-electron chi connectivity index (χ1n) is 5.36. The molecule has 17 heavy (non-hydrogen) atoms. The van der Waals surface area contributed by atoms with Gasteiger partial charge in [-0.3, -0.25) is 0 Å². The molecule has 0 aliphatic carbocycles. The second-order valence-corrected chi connectivity index (χ2v) is 5.81. The van der Waals surface area contributed by atoms with Crippen LogP contribution in [0.2, 0.25) is 0 Å². The standard InChI is InChI=1S/C13H12N2S2/c1-9-4-6-16-12(9)11-8-17-13(14-11)10-3-5-15(2)7-10/h3-8H,1-2H3. The van der Waals surface area contributed by atoms with E-state index in [1.807, 2.05) is 17.8 Å². The van der Waals surface area contributed by atoms with Crippen molar-refractivity contribution in [3.05, 3.63) is 40.8 Å². The summed E-state index contributed by atoms with van der Waals surface area (Å²) in [5.41, 5.74) is 3.60. The monoisotopic (exact) mass is 260 g/mol. The zero-order chi connectivity index (χ0) is 11.8. The topological polar surface area (TPSA) is 17.8 Å². The Morgan fingerprint density at radius 3 is 2.76 bits per heavy atom. The van der Waals surface area contributed by atoms with Gasteiger partial charge in [-0.25, -0.2) is 4.98 Å². The molecule has 2 nitrogen and oxygen atoms in total. The van der Waals surface area contributed by atoms with Gasteiger partial charge in [0.25, 0.3) is 0 Å². The second-order valence-electron chi connectivity index (χ2n) is 4.04. The number of aryl methyl sites for hydroxylation is 2. The Bertz CT molecular complexity index is 646. The summed E-state index contributed by atoms with van der Waals surface area (Å²) >= 11 is 3.46. The summed E-state index contributed by atoms with van der Waals surface area (Å²) in [5.74, 6) is 0. The van der Waals surface area contributed by atoms with Crippen molar-refractivity contribution in [1.82, 2.24) is 9.55 Å². The summed E-state index contributed by atoms with van der Waals surface area (Å²) < 4.78 is 2.05. The lowest BCUT2D eigenvalue weighted by Crippen LogP contribution is -1.79. The maximum absolute atomic E-state index is 4.71. The van der Waals surface area contributed by atoms with Crippen LogP contribution in [0.25, 0.3) is 21.1 Å². The summed E-state index contributed by atoms with van der Waals surface area (Å²) in [7, 11) is 2.03. The predicted octanol–water partition coefficient (Wildman–Crippen LogP) is 4.19. The van der Waals surface area contributed by atoms with Gasteiger partial charge in [-0.05, 0) is 30.0 Å². The van der Waals surface area contributed by atoms with E-state index in [2.05, 4.69) is 36.0 Å². The van der Waals surface area contributed by atoms with Crippen molar-refractivity contribution in [3.8, 4) is 21.1 Å². The second kappa shape index (κ2) is 4.13. The van der Waals surface area contributed by atoms with Gasteiger partial charge in [0.2, 0.25) is 0 Å². The van der Waals surface area contributed by atoms with E-state index in [9.17, 15) is 0 Å². The molecule has 0 fully saturated rings. The molecule has 0 bridgehead atoms. The molecule has 0 aliphatic rings. The molecule has 0 N–H and O–H groups in total. The number of aromatic nitrogens is 2. The predicted molar refractivity (Wildman–Crippen MR) is 74.6 cm³/mol. The highest BCUT2D eigenvalue weighted by molar-refractivity contribution is 7.15. The van der Waals surface area contributed by atoms with Crippen LogP contribution in [-0.2, 0) is 7.05 Å². The number of thiophene rings is 1. The first kappa shape index (κ1) is 10.7. The van der Waals surface area contributed by atoms with Crippen LogP contribution in [0.5, 0.6) is 0 Å². The normalized spacial score (nSPS) is 10.9. The van der Waals surface area contributed by atoms with E-state index >= 15 is 0 Å². The van der Waals surface area contributed by atoms with Crippen LogP contribution < -0.4 is 0 Å². The van der Waals surface area contributed by atoms with Gasteiger partial charge in [-0.2, -0.15) is 0 Å². The Labute approximate surface area is 108 Å². The van der Waals surface area contributed by atoms with Crippen molar-refractivity contribution in [1.29, 1.82) is 0 Å². The van der Waals surface area contributed by atoms with Crippen molar-refractivity contribution in [2.75, 3.05) is 0 Å². The number of rotatable bonds is 2. The molecule has 3 aromatic heterocycles. The zero-order valence-electron chi connectivity index (χ0n) is 9.68. The number of thiazole rings is 1. The molecule has 0 unspecified atom stereocenters. The smallest absolute Gasteiger partial charge is 0.125 e. The SMILES string of the molecule is Cc1ccsc1-c1csc(-c2ccn(C)c2)n1. The van der Waals surface area contributed by atoms with Crippen LogP contribution in [0.15, 0.2) is 35.3 Å². The van der Waals surface area contributed by atoms with Crippen LogP contribution >= 0.6 is 22.7 Å². The highest BCUT2D eigenvalue weighted by Crippen LogP contribution is 2.33. The van der Waals surface area contributed by atoms with Crippen molar-refractivity contribution in [2.45, 2.75) is 6.92 Å². The average Bonchev–Trinajstić information content (AvgIpc) is 2.97. The van der Waals surface area contributed by atoms with Crippen LogP contribution in [0.1, 0.15) is 5.56 Å². The molecule has 0 aromatic carbocycles. The van der Waals surface area contributed by atoms with Gasteiger partial charge in [0.05, 0.1) is 10.6 Å². The third-order valence-corrected chi connectivity index (χ3v) is 4.61. The molecule has 0 saturated heterocycles. The van der Waals surface area contributed by atoms with Gasteiger partial charge in [0, 0.05) is 30.4 Å². The molecule has 4 heteroatoms. The molecular formula is C13H12N2S2. The summed E-state index contributed by atoms with van der Waals surface area (Å²) in [6, 6.07) is 4.24. The Hall–Kier alpha value is -1.39. The molecule has 0 aliphatic heterocycles. The number of hydrogen-bond acceptors (Lipinski definition) is 3. The molecule has 3 aromatic rings. The molecule has 86 valence electrons. The Balaban J connectivity index is 2.01. The first-order chi connectivity index (χ1) is 8.24. The largest absolute Gasteiger partial charge is 0.357 e. The van der Waals surface area contributed by atoms with Gasteiger partial charge >= 0.3 is 0 Å². The van der Waals surface area contributed by atoms with Gasteiger partial charge in [0.1, 0.15) is 5.01 Å². The number of nitrogens with zero attached hydrogens (tertiary/aromatic N) is 2. The lowest BCUT2D eigenvalue weighted by atomic mass is 10.2. The van der Waals surface area contributed by atoms with E-state index in [1.54, 1.807) is 22.7 Å². The van der Waals surface area contributed by atoms with E-state index in [0.717, 1.165) is 10.7 Å². The Kier molecular flexibility index (Phi) is 2.61. The molecule has 3 heterocycles. The minimum absolute atomic E-state index is 1.09. The van der Waals surface area contributed by atoms with Crippen LogP contribution in [-0.4, -0.2) is 9.55 Å². The third kappa shape index (κ3) is 1.94. The van der Waals surface area contributed by atoms with E-state index in [-0.39, 0.29) is 0 Å². The Morgan fingerprint density at radius 1 is 1.24 bits per heavy atom. The Morgan fingerprint density at radius 2 is 2.12 bits per heavy atom. The van der Waals surface area contributed by atoms with Crippen molar-refractivity contribution < 1.29 is 0 Å². The maximum atomic E-state index is 4.71. The van der Waals surface area contributed by atoms with Gasteiger partial charge in [-0.15, -0.1) is 22.7 Å². The van der Waals surface area contributed by atoms with Crippen LogP contribution in [0.3, 0.4) is 0 Å². The molecular weight excluding hydrogens is 248 g/mol. The summed E-state index contributed by atoms with van der Waals surface area (Å²) in [6.07, 6.45) is 4.15. The minimum Gasteiger partial charge on any atom is -0.357 e. The molecule has 0 saturated carbocycles. The molecule has 0 spiro atoms. The third-order valence-electron chi connectivity index (χ3n) is 2.68. The lowest BCUT2D eigenvalue weighted by molar-refractivity contribution is 0.928. The summed E-state index contributed by atoms with van der Waals surface area (Å²) in [6.45, 7) is 2.13. The zero-order valence-corrected chi connectivity index (χ0v) is 11.3. The molecule has 3 rings (SSSR count). The van der Waals surface area contributed by atoms with E-state index in [4.69, 9.17) is 4.98 Å². The highest BCUT2D eigenvalue weighted by atomic mass is 32.1. The quantitative estimate of drug-likeness (QED) is 0.675. The first-order valence-corrected chi connectivity index (χ1v) is 7.12. The minimum atomic E-state index is 1.09. The van der Waals surface area contributed by atoms with Gasteiger partial charge in [-0.1, -0.05) is 0 Å². The fraction of sp³-hybridized carbons (Fsp3) is 0.154. The highest BCUT2D eigenvalue weighted by Gasteiger charge is 2.10. The van der Waals surface area contributed by atoms with Crippen molar-refractivity contribution in [2.24, 2.45) is 7.05 Å². The number of hydrogen-bond donors (Lipinski definition) is 0. The summed E-state index contributed by atoms with van der Waals surface area (Å²) in [5, 5.41) is 5.35. The van der Waals surface area contributed by atoms with Crippen molar-refractivity contribution >= 4 is 22.7 Å². The summed E-state index contributed by atoms with van der Waals surface area (Å²) in [4.78, 5) is 5.99. The maximum Gasteiger partial charge on any atom is 0.125 e. The van der Waals surface area contributed by atoms with Crippen LogP contribution in [0, 0.1) is 6.92 Å². The molecule has 0 amide bonds. The molecule has 0 radical (unpaired) electrons. The van der Waals surface area contributed by atoms with Gasteiger partial charge < -0.3 is 4.57 Å². The average molecular weight is 260 g/mol. The molecule has 0 atom stereocenters. The van der Waals surface area contributed by atoms with E-state index in [0.29, 0.717) is 0 Å². The lowest BCUT2D eigenvalue weighted by Gasteiger charge is -1.93. The van der Waals surface area contributed by atoms with Crippen LogP contribution in [0.4, 0.5) is 0 Å². The van der Waals surface area contributed by atoms with E-state index < -0.39 is 0 Å². The fourth-order valence-corrected chi connectivity index (χ4v) is 3.54. The fourth-order valence-electron chi connectivity index (χ4n) is 1.78.